The Morgan fingerprint density at radius 2 is 2.04 bits per heavy atom. The lowest BCUT2D eigenvalue weighted by atomic mass is 10.2. The lowest BCUT2D eigenvalue weighted by Gasteiger charge is -2.05. The Morgan fingerprint density at radius 3 is 2.78 bits per heavy atom. The molecule has 0 aliphatic heterocycles. The summed E-state index contributed by atoms with van der Waals surface area (Å²) in [4.78, 5) is 26.8. The largest absolute Gasteiger partial charge is 0.463 e. The highest BCUT2D eigenvalue weighted by Gasteiger charge is 2.08. The summed E-state index contributed by atoms with van der Waals surface area (Å²) in [6, 6.07) is 10.8. The summed E-state index contributed by atoms with van der Waals surface area (Å²) < 4.78 is 17.8. The van der Waals surface area contributed by atoms with Gasteiger partial charge in [0.1, 0.15) is 5.69 Å². The molecule has 6 heteroatoms. The van der Waals surface area contributed by atoms with Gasteiger partial charge in [0.25, 0.3) is 5.91 Å². The van der Waals surface area contributed by atoms with Crippen molar-refractivity contribution in [1.82, 2.24) is 4.98 Å². The van der Waals surface area contributed by atoms with Gasteiger partial charge < -0.3 is 10.1 Å². The first kappa shape index (κ1) is 16.4. The molecule has 0 spiro atoms. The second-order valence-electron chi connectivity index (χ2n) is 4.51. The number of ether oxygens (including phenoxy) is 1. The van der Waals surface area contributed by atoms with Crippen LogP contribution >= 0.6 is 0 Å². The van der Waals surface area contributed by atoms with Gasteiger partial charge >= 0.3 is 5.97 Å². The first-order valence-corrected chi connectivity index (χ1v) is 6.97. The Morgan fingerprint density at radius 1 is 1.26 bits per heavy atom. The molecule has 1 aromatic carbocycles. The van der Waals surface area contributed by atoms with Crippen molar-refractivity contribution in [3.63, 3.8) is 0 Å². The monoisotopic (exact) mass is 314 g/mol. The highest BCUT2D eigenvalue weighted by Crippen LogP contribution is 2.13. The zero-order chi connectivity index (χ0) is 16.7. The van der Waals surface area contributed by atoms with E-state index in [4.69, 9.17) is 4.74 Å². The molecule has 2 rings (SSSR count). The number of anilines is 1. The zero-order valence-electron chi connectivity index (χ0n) is 12.5. The van der Waals surface area contributed by atoms with Crippen molar-refractivity contribution in [2.45, 2.75) is 6.92 Å². The summed E-state index contributed by atoms with van der Waals surface area (Å²) in [5, 5.41) is 2.62. The van der Waals surface area contributed by atoms with Crippen LogP contribution in [0.5, 0.6) is 0 Å². The number of pyridine rings is 1. The molecule has 118 valence electrons. The number of carbonyl (C=O) groups excluding carboxylic acids is 2. The summed E-state index contributed by atoms with van der Waals surface area (Å²) in [5.41, 5.74) is 1.20. The Labute approximate surface area is 132 Å². The summed E-state index contributed by atoms with van der Waals surface area (Å²) in [6.07, 6.45) is 2.88. The fourth-order valence-corrected chi connectivity index (χ4v) is 1.80. The first-order chi connectivity index (χ1) is 11.1. The molecule has 0 radical (unpaired) electrons. The van der Waals surface area contributed by atoms with Gasteiger partial charge in [0.2, 0.25) is 5.95 Å². The third-order valence-corrected chi connectivity index (χ3v) is 2.79. The number of esters is 1. The molecule has 0 atom stereocenters. The number of carbonyl (C=O) groups is 2. The quantitative estimate of drug-likeness (QED) is 0.523. The number of hydrogen-bond donors (Lipinski definition) is 1. The van der Waals surface area contributed by atoms with Gasteiger partial charge in [0, 0.05) is 11.8 Å². The molecule has 0 saturated carbocycles. The molecule has 0 aliphatic carbocycles. The molecule has 1 amide bonds. The fourth-order valence-electron chi connectivity index (χ4n) is 1.80. The third kappa shape index (κ3) is 5.03. The van der Waals surface area contributed by atoms with Crippen molar-refractivity contribution < 1.29 is 18.7 Å². The van der Waals surface area contributed by atoms with Crippen LogP contribution in [-0.2, 0) is 9.53 Å². The Kier molecular flexibility index (Phi) is 5.57. The maximum Gasteiger partial charge on any atom is 0.330 e. The molecule has 1 N–H and O–H groups in total. The van der Waals surface area contributed by atoms with Crippen LogP contribution in [0.3, 0.4) is 0 Å². The van der Waals surface area contributed by atoms with Gasteiger partial charge in [-0.25, -0.2) is 9.78 Å². The fraction of sp³-hybridized carbons (Fsp3) is 0.118. The number of amides is 1. The molecule has 1 aromatic heterocycles. The predicted octanol–water partition coefficient (Wildman–Crippen LogP) is 3.05. The molecule has 5 nitrogen and oxygen atoms in total. The Bertz CT molecular complexity index is 744. The molecule has 23 heavy (non-hydrogen) atoms. The van der Waals surface area contributed by atoms with Crippen LogP contribution in [0.25, 0.3) is 6.08 Å². The zero-order valence-corrected chi connectivity index (χ0v) is 12.5. The van der Waals surface area contributed by atoms with E-state index >= 15 is 0 Å². The molecule has 0 unspecified atom stereocenters. The van der Waals surface area contributed by atoms with E-state index in [1.807, 2.05) is 0 Å². The van der Waals surface area contributed by atoms with Gasteiger partial charge in [0.15, 0.2) is 0 Å². The molecule has 0 bridgehead atoms. The van der Waals surface area contributed by atoms with Crippen molar-refractivity contribution in [2.24, 2.45) is 0 Å². The van der Waals surface area contributed by atoms with Crippen LogP contribution in [0, 0.1) is 5.95 Å². The average Bonchev–Trinajstić information content (AvgIpc) is 2.53. The van der Waals surface area contributed by atoms with Crippen LogP contribution < -0.4 is 5.32 Å². The first-order valence-electron chi connectivity index (χ1n) is 6.97. The van der Waals surface area contributed by atoms with Crippen LogP contribution in [-0.4, -0.2) is 23.5 Å². The molecule has 0 fully saturated rings. The molecular weight excluding hydrogens is 299 g/mol. The summed E-state index contributed by atoms with van der Waals surface area (Å²) >= 11 is 0. The highest BCUT2D eigenvalue weighted by atomic mass is 19.1. The van der Waals surface area contributed by atoms with E-state index in [1.165, 1.54) is 18.2 Å². The number of benzene rings is 1. The molecule has 0 aliphatic rings. The van der Waals surface area contributed by atoms with Crippen LogP contribution in [0.1, 0.15) is 23.0 Å². The number of nitrogens with one attached hydrogen (secondary N) is 1. The summed E-state index contributed by atoms with van der Waals surface area (Å²) in [7, 11) is 0. The van der Waals surface area contributed by atoms with E-state index in [1.54, 1.807) is 37.3 Å². The topological polar surface area (TPSA) is 68.3 Å². The Balaban J connectivity index is 2.08. The maximum atomic E-state index is 13.0. The van der Waals surface area contributed by atoms with Crippen molar-refractivity contribution in [3.05, 3.63) is 65.7 Å². The second kappa shape index (κ2) is 7.84. The molecule has 1 heterocycles. The minimum atomic E-state index is -0.719. The summed E-state index contributed by atoms with van der Waals surface area (Å²) in [5.74, 6) is -1.68. The minimum absolute atomic E-state index is 0.0162. The van der Waals surface area contributed by atoms with Gasteiger partial charge in [-0.3, -0.25) is 4.79 Å². The Hall–Kier alpha value is -3.02. The van der Waals surface area contributed by atoms with Crippen LogP contribution in [0.2, 0.25) is 0 Å². The van der Waals surface area contributed by atoms with E-state index in [2.05, 4.69) is 10.3 Å². The number of halogens is 1. The van der Waals surface area contributed by atoms with Crippen LogP contribution in [0.15, 0.2) is 48.5 Å². The molecule has 0 saturated heterocycles. The standard InChI is InChI=1S/C17H15FN2O3/c1-2-23-16(21)10-9-12-5-3-6-13(11-12)19-17(22)14-7-4-8-15(18)20-14/h3-11H,2H2,1H3,(H,19,22)/b10-9+. The van der Waals surface area contributed by atoms with Gasteiger partial charge in [-0.2, -0.15) is 4.39 Å². The average molecular weight is 314 g/mol. The van der Waals surface area contributed by atoms with Gasteiger partial charge in [-0.05, 0) is 42.8 Å². The molecular formula is C17H15FN2O3. The van der Waals surface area contributed by atoms with Crippen molar-refractivity contribution in [3.8, 4) is 0 Å². The van der Waals surface area contributed by atoms with Crippen molar-refractivity contribution >= 4 is 23.6 Å². The van der Waals surface area contributed by atoms with Gasteiger partial charge in [-0.15, -0.1) is 0 Å². The van der Waals surface area contributed by atoms with E-state index in [9.17, 15) is 14.0 Å². The van der Waals surface area contributed by atoms with E-state index in [0.717, 1.165) is 6.07 Å². The van der Waals surface area contributed by atoms with Gasteiger partial charge in [0.05, 0.1) is 6.61 Å². The van der Waals surface area contributed by atoms with Crippen molar-refractivity contribution in [1.29, 1.82) is 0 Å². The summed E-state index contributed by atoms with van der Waals surface area (Å²) in [6.45, 7) is 2.03. The normalized spacial score (nSPS) is 10.5. The number of nitrogens with zero attached hydrogens (tertiary/aromatic N) is 1. The van der Waals surface area contributed by atoms with E-state index < -0.39 is 17.8 Å². The number of aromatic nitrogens is 1. The lowest BCUT2D eigenvalue weighted by Crippen LogP contribution is -2.14. The van der Waals surface area contributed by atoms with E-state index in [0.29, 0.717) is 17.9 Å². The van der Waals surface area contributed by atoms with Gasteiger partial charge in [-0.1, -0.05) is 18.2 Å². The number of rotatable bonds is 5. The highest BCUT2D eigenvalue weighted by molar-refractivity contribution is 6.03. The van der Waals surface area contributed by atoms with Crippen molar-refractivity contribution in [2.75, 3.05) is 11.9 Å². The number of hydrogen-bond acceptors (Lipinski definition) is 4. The lowest BCUT2D eigenvalue weighted by molar-refractivity contribution is -0.137. The smallest absolute Gasteiger partial charge is 0.330 e. The third-order valence-electron chi connectivity index (χ3n) is 2.79. The maximum absolute atomic E-state index is 13.0. The predicted molar refractivity (Wildman–Crippen MR) is 84.3 cm³/mol. The molecule has 2 aromatic rings. The SMILES string of the molecule is CCOC(=O)/C=C/c1cccc(NC(=O)c2cccc(F)n2)c1. The van der Waals surface area contributed by atoms with Crippen LogP contribution in [0.4, 0.5) is 10.1 Å². The van der Waals surface area contributed by atoms with E-state index in [-0.39, 0.29) is 5.69 Å². The second-order valence-corrected chi connectivity index (χ2v) is 4.51. The minimum Gasteiger partial charge on any atom is -0.463 e.